The zero-order valence-corrected chi connectivity index (χ0v) is 15.0. The van der Waals surface area contributed by atoms with Gasteiger partial charge < -0.3 is 4.74 Å². The van der Waals surface area contributed by atoms with E-state index in [2.05, 4.69) is 15.9 Å². The lowest BCUT2D eigenvalue weighted by atomic mass is 10.2. The van der Waals surface area contributed by atoms with Gasteiger partial charge in [0.2, 0.25) is 10.0 Å². The van der Waals surface area contributed by atoms with E-state index in [0.29, 0.717) is 0 Å². The molecule has 0 unspecified atom stereocenters. The molecule has 0 spiro atoms. The summed E-state index contributed by atoms with van der Waals surface area (Å²) in [7, 11) is -3.74. The van der Waals surface area contributed by atoms with E-state index in [1.54, 1.807) is 32.9 Å². The van der Waals surface area contributed by atoms with E-state index in [0.717, 1.165) is 14.3 Å². The van der Waals surface area contributed by atoms with Crippen molar-refractivity contribution in [3.05, 3.63) is 28.2 Å². The molecule has 0 saturated carbocycles. The SMILES string of the molecule is CCOC(=O)CN(C(C)C)S(=O)(=O)c1ccc(Br)c(C)c1. The van der Waals surface area contributed by atoms with Gasteiger partial charge in [-0.05, 0) is 51.5 Å². The molecular formula is C14H20BrNO4S. The number of hydrogen-bond acceptors (Lipinski definition) is 4. The van der Waals surface area contributed by atoms with Crippen molar-refractivity contribution >= 4 is 31.9 Å². The Morgan fingerprint density at radius 3 is 2.48 bits per heavy atom. The van der Waals surface area contributed by atoms with Crippen LogP contribution in [-0.2, 0) is 19.6 Å². The summed E-state index contributed by atoms with van der Waals surface area (Å²) >= 11 is 3.34. The van der Waals surface area contributed by atoms with Gasteiger partial charge in [0.15, 0.2) is 0 Å². The molecule has 0 fully saturated rings. The number of carbonyl (C=O) groups excluding carboxylic acids is 1. The van der Waals surface area contributed by atoms with Crippen LogP contribution in [0.2, 0.25) is 0 Å². The third kappa shape index (κ3) is 4.52. The van der Waals surface area contributed by atoms with Gasteiger partial charge in [0.1, 0.15) is 6.54 Å². The molecule has 0 bridgehead atoms. The quantitative estimate of drug-likeness (QED) is 0.714. The van der Waals surface area contributed by atoms with Crippen LogP contribution in [0, 0.1) is 6.92 Å². The first-order chi connectivity index (χ1) is 9.70. The van der Waals surface area contributed by atoms with E-state index in [1.165, 1.54) is 6.07 Å². The van der Waals surface area contributed by atoms with Gasteiger partial charge in [-0.1, -0.05) is 15.9 Å². The van der Waals surface area contributed by atoms with Gasteiger partial charge in [0.05, 0.1) is 11.5 Å². The third-order valence-electron chi connectivity index (χ3n) is 2.90. The maximum atomic E-state index is 12.7. The molecule has 1 rings (SSSR count). The predicted octanol–water partition coefficient (Wildman–Crippen LogP) is 2.72. The van der Waals surface area contributed by atoms with Crippen LogP contribution in [0.3, 0.4) is 0 Å². The van der Waals surface area contributed by atoms with E-state index in [9.17, 15) is 13.2 Å². The number of hydrogen-bond donors (Lipinski definition) is 0. The molecule has 0 aromatic heterocycles. The van der Waals surface area contributed by atoms with Gasteiger partial charge in [-0.3, -0.25) is 4.79 Å². The highest BCUT2D eigenvalue weighted by Crippen LogP contribution is 2.23. The van der Waals surface area contributed by atoms with Gasteiger partial charge >= 0.3 is 5.97 Å². The molecular weight excluding hydrogens is 358 g/mol. The van der Waals surface area contributed by atoms with Crippen molar-refractivity contribution in [2.75, 3.05) is 13.2 Å². The fourth-order valence-corrected chi connectivity index (χ4v) is 3.71. The first-order valence-corrected chi connectivity index (χ1v) is 8.87. The first kappa shape index (κ1) is 18.1. The second-order valence-electron chi connectivity index (χ2n) is 4.86. The Morgan fingerprint density at radius 1 is 1.38 bits per heavy atom. The number of sulfonamides is 1. The topological polar surface area (TPSA) is 63.7 Å². The molecule has 21 heavy (non-hydrogen) atoms. The summed E-state index contributed by atoms with van der Waals surface area (Å²) in [4.78, 5) is 11.8. The Balaban J connectivity index is 3.15. The van der Waals surface area contributed by atoms with E-state index < -0.39 is 16.0 Å². The lowest BCUT2D eigenvalue weighted by Crippen LogP contribution is -2.41. The fourth-order valence-electron chi connectivity index (χ4n) is 1.79. The number of halogens is 1. The van der Waals surface area contributed by atoms with Crippen LogP contribution in [0.25, 0.3) is 0 Å². The van der Waals surface area contributed by atoms with Crippen LogP contribution in [-0.4, -0.2) is 37.9 Å². The minimum absolute atomic E-state index is 0.168. The van der Waals surface area contributed by atoms with Crippen molar-refractivity contribution in [3.8, 4) is 0 Å². The summed E-state index contributed by atoms with van der Waals surface area (Å²) in [6.07, 6.45) is 0. The second-order valence-corrected chi connectivity index (χ2v) is 7.60. The lowest BCUT2D eigenvalue weighted by Gasteiger charge is -2.25. The summed E-state index contributed by atoms with van der Waals surface area (Å²) < 4.78 is 32.2. The molecule has 0 radical (unpaired) electrons. The predicted molar refractivity (Wildman–Crippen MR) is 84.5 cm³/mol. The highest BCUT2D eigenvalue weighted by atomic mass is 79.9. The Morgan fingerprint density at radius 2 is 2.00 bits per heavy atom. The van der Waals surface area contributed by atoms with Gasteiger partial charge in [-0.2, -0.15) is 4.31 Å². The normalized spacial score (nSPS) is 12.0. The highest BCUT2D eigenvalue weighted by Gasteiger charge is 2.29. The second kappa shape index (κ2) is 7.38. The largest absolute Gasteiger partial charge is 0.465 e. The zero-order chi connectivity index (χ0) is 16.2. The molecule has 7 heteroatoms. The average Bonchev–Trinajstić information content (AvgIpc) is 2.38. The number of aryl methyl sites for hydroxylation is 1. The van der Waals surface area contributed by atoms with Crippen molar-refractivity contribution < 1.29 is 17.9 Å². The smallest absolute Gasteiger partial charge is 0.321 e. The number of nitrogens with zero attached hydrogens (tertiary/aromatic N) is 1. The Bertz CT molecular complexity index is 613. The molecule has 0 N–H and O–H groups in total. The molecule has 0 aliphatic rings. The van der Waals surface area contributed by atoms with E-state index in [4.69, 9.17) is 4.74 Å². The average molecular weight is 378 g/mol. The van der Waals surface area contributed by atoms with Gasteiger partial charge in [0, 0.05) is 10.5 Å². The number of esters is 1. The van der Waals surface area contributed by atoms with Crippen molar-refractivity contribution in [1.82, 2.24) is 4.31 Å². The van der Waals surface area contributed by atoms with Crippen molar-refractivity contribution in [1.29, 1.82) is 0 Å². The van der Waals surface area contributed by atoms with Crippen molar-refractivity contribution in [2.24, 2.45) is 0 Å². The molecule has 118 valence electrons. The summed E-state index contributed by atoms with van der Waals surface area (Å²) in [6, 6.07) is 4.45. The molecule has 1 aromatic rings. The Labute approximate surface area is 134 Å². The fraction of sp³-hybridized carbons (Fsp3) is 0.500. The van der Waals surface area contributed by atoms with Crippen LogP contribution < -0.4 is 0 Å². The van der Waals surface area contributed by atoms with Crippen LogP contribution in [0.4, 0.5) is 0 Å². The molecule has 0 atom stereocenters. The molecule has 0 saturated heterocycles. The van der Waals surface area contributed by atoms with Gasteiger partial charge in [-0.15, -0.1) is 0 Å². The lowest BCUT2D eigenvalue weighted by molar-refractivity contribution is -0.143. The van der Waals surface area contributed by atoms with Crippen molar-refractivity contribution in [2.45, 2.75) is 38.6 Å². The number of ether oxygens (including phenoxy) is 1. The Hall–Kier alpha value is -0.920. The summed E-state index contributed by atoms with van der Waals surface area (Å²) in [5, 5.41) is 0. The summed E-state index contributed by atoms with van der Waals surface area (Å²) in [5.74, 6) is -0.552. The molecule has 5 nitrogen and oxygen atoms in total. The summed E-state index contributed by atoms with van der Waals surface area (Å²) in [6.45, 7) is 6.88. The molecule has 0 aliphatic carbocycles. The monoisotopic (exact) mass is 377 g/mol. The molecule has 1 aromatic carbocycles. The Kier molecular flexibility index (Phi) is 6.37. The van der Waals surface area contributed by atoms with Gasteiger partial charge in [-0.25, -0.2) is 8.42 Å². The first-order valence-electron chi connectivity index (χ1n) is 6.63. The van der Waals surface area contributed by atoms with Crippen LogP contribution in [0.5, 0.6) is 0 Å². The molecule has 0 amide bonds. The minimum atomic E-state index is -3.74. The van der Waals surface area contributed by atoms with Crippen molar-refractivity contribution in [3.63, 3.8) is 0 Å². The van der Waals surface area contributed by atoms with Gasteiger partial charge in [0.25, 0.3) is 0 Å². The number of carbonyl (C=O) groups is 1. The highest BCUT2D eigenvalue weighted by molar-refractivity contribution is 9.10. The summed E-state index contributed by atoms with van der Waals surface area (Å²) in [5.41, 5.74) is 0.816. The van der Waals surface area contributed by atoms with E-state index >= 15 is 0 Å². The van der Waals surface area contributed by atoms with E-state index in [1.807, 2.05) is 6.92 Å². The molecule has 0 heterocycles. The number of rotatable bonds is 6. The number of benzene rings is 1. The van der Waals surface area contributed by atoms with E-state index in [-0.39, 0.29) is 24.1 Å². The maximum absolute atomic E-state index is 12.7. The zero-order valence-electron chi connectivity index (χ0n) is 12.6. The third-order valence-corrected chi connectivity index (χ3v) is 5.81. The van der Waals surface area contributed by atoms with Crippen LogP contribution >= 0.6 is 15.9 Å². The van der Waals surface area contributed by atoms with Crippen LogP contribution in [0.15, 0.2) is 27.6 Å². The maximum Gasteiger partial charge on any atom is 0.321 e. The standard InChI is InChI=1S/C14H20BrNO4S/c1-5-20-14(17)9-16(10(2)3)21(18,19)12-6-7-13(15)11(4)8-12/h6-8,10H,5,9H2,1-4H3. The molecule has 0 aliphatic heterocycles. The van der Waals surface area contributed by atoms with Crippen LogP contribution in [0.1, 0.15) is 26.3 Å². The minimum Gasteiger partial charge on any atom is -0.465 e.